The van der Waals surface area contributed by atoms with Gasteiger partial charge in [0.1, 0.15) is 0 Å². The van der Waals surface area contributed by atoms with E-state index in [-0.39, 0.29) is 5.78 Å². The maximum Gasteiger partial charge on any atom is 0.176 e. The van der Waals surface area contributed by atoms with Gasteiger partial charge in [0, 0.05) is 24.7 Å². The first-order chi connectivity index (χ1) is 10.3. The van der Waals surface area contributed by atoms with E-state index in [2.05, 4.69) is 15.9 Å². The molecule has 0 aromatic heterocycles. The Morgan fingerprint density at radius 2 is 1.90 bits per heavy atom. The second kappa shape index (κ2) is 6.38. The number of benzene rings is 1. The third-order valence-corrected chi connectivity index (χ3v) is 4.61. The first-order valence-corrected chi connectivity index (χ1v) is 7.76. The van der Waals surface area contributed by atoms with Crippen molar-refractivity contribution in [1.29, 1.82) is 5.26 Å². The Labute approximate surface area is 126 Å². The van der Waals surface area contributed by atoms with Gasteiger partial charge in [-0.1, -0.05) is 12.1 Å². The van der Waals surface area contributed by atoms with Crippen LogP contribution in [-0.2, 0) is 0 Å². The summed E-state index contributed by atoms with van der Waals surface area (Å²) in [6.45, 7) is 4.98. The van der Waals surface area contributed by atoms with Crippen molar-refractivity contribution < 1.29 is 4.79 Å². The van der Waals surface area contributed by atoms with Gasteiger partial charge in [-0.25, -0.2) is 0 Å². The van der Waals surface area contributed by atoms with E-state index in [9.17, 15) is 4.79 Å². The highest BCUT2D eigenvalue weighted by molar-refractivity contribution is 5.97. The molecule has 110 valence electrons. The third kappa shape index (κ3) is 3.31. The van der Waals surface area contributed by atoms with Gasteiger partial charge in [0.2, 0.25) is 0 Å². The fraction of sp³-hybridized carbons (Fsp3) is 0.529. The molecule has 1 atom stereocenters. The van der Waals surface area contributed by atoms with Gasteiger partial charge in [-0.15, -0.1) is 0 Å². The molecule has 1 aromatic rings. The molecule has 0 radical (unpaired) electrons. The van der Waals surface area contributed by atoms with Crippen molar-refractivity contribution in [2.45, 2.75) is 25.3 Å². The van der Waals surface area contributed by atoms with Crippen LogP contribution in [0.4, 0.5) is 0 Å². The Morgan fingerprint density at radius 3 is 2.57 bits per heavy atom. The van der Waals surface area contributed by atoms with Crippen LogP contribution in [0, 0.1) is 11.3 Å². The number of ketones is 1. The van der Waals surface area contributed by atoms with Gasteiger partial charge in [0.05, 0.1) is 18.2 Å². The van der Waals surface area contributed by atoms with Crippen LogP contribution in [0.25, 0.3) is 0 Å². The lowest BCUT2D eigenvalue weighted by atomic mass is 10.1. The second-order valence-electron chi connectivity index (χ2n) is 6.03. The number of nitriles is 1. The number of Topliss-reactive ketones (excluding diaryl/α,β-unsaturated/α-hetero) is 1. The molecule has 0 bridgehead atoms. The molecule has 2 aliphatic heterocycles. The van der Waals surface area contributed by atoms with Crippen LogP contribution in [0.15, 0.2) is 24.3 Å². The number of nitrogens with zero attached hydrogens (tertiary/aromatic N) is 3. The minimum Gasteiger partial charge on any atom is -0.299 e. The lowest BCUT2D eigenvalue weighted by molar-refractivity contribution is 0.0940. The Kier molecular flexibility index (Phi) is 4.33. The maximum absolute atomic E-state index is 12.3. The minimum absolute atomic E-state index is 0.154. The highest BCUT2D eigenvalue weighted by Gasteiger charge is 2.29. The molecule has 4 nitrogen and oxygen atoms in total. The molecule has 3 rings (SSSR count). The van der Waals surface area contributed by atoms with Crippen molar-refractivity contribution in [3.8, 4) is 6.07 Å². The summed E-state index contributed by atoms with van der Waals surface area (Å²) in [5.74, 6) is 0.154. The number of hydrogen-bond donors (Lipinski definition) is 0. The predicted molar refractivity (Wildman–Crippen MR) is 81.1 cm³/mol. The van der Waals surface area contributed by atoms with E-state index < -0.39 is 0 Å². The van der Waals surface area contributed by atoms with Gasteiger partial charge in [0.25, 0.3) is 0 Å². The van der Waals surface area contributed by atoms with Crippen LogP contribution >= 0.6 is 0 Å². The van der Waals surface area contributed by atoms with Crippen molar-refractivity contribution in [2.75, 3.05) is 32.7 Å². The van der Waals surface area contributed by atoms with Crippen LogP contribution in [-0.4, -0.2) is 54.3 Å². The molecule has 4 heteroatoms. The van der Waals surface area contributed by atoms with Crippen LogP contribution in [0.5, 0.6) is 0 Å². The van der Waals surface area contributed by atoms with Crippen molar-refractivity contribution in [2.24, 2.45) is 0 Å². The van der Waals surface area contributed by atoms with Crippen molar-refractivity contribution in [1.82, 2.24) is 9.80 Å². The molecule has 0 amide bonds. The van der Waals surface area contributed by atoms with E-state index in [0.717, 1.165) is 13.1 Å². The highest BCUT2D eigenvalue weighted by Crippen LogP contribution is 2.20. The molecule has 21 heavy (non-hydrogen) atoms. The summed E-state index contributed by atoms with van der Waals surface area (Å²) in [5, 5.41) is 8.78. The average Bonchev–Trinajstić information content (AvgIpc) is 3.18. The van der Waals surface area contributed by atoms with Gasteiger partial charge in [-0.2, -0.15) is 5.26 Å². The van der Waals surface area contributed by atoms with Crippen molar-refractivity contribution in [3.05, 3.63) is 35.4 Å². The lowest BCUT2D eigenvalue weighted by Gasteiger charge is -2.23. The Morgan fingerprint density at radius 1 is 1.19 bits per heavy atom. The Hall–Kier alpha value is -1.70. The van der Waals surface area contributed by atoms with Gasteiger partial charge in [-0.05, 0) is 44.5 Å². The fourth-order valence-corrected chi connectivity index (χ4v) is 3.39. The number of rotatable bonds is 4. The SMILES string of the molecule is N#Cc1ccc(C(=O)CN2CCC(N3CCCC3)C2)cc1. The summed E-state index contributed by atoms with van der Waals surface area (Å²) < 4.78 is 0. The quantitative estimate of drug-likeness (QED) is 0.792. The molecular weight excluding hydrogens is 262 g/mol. The van der Waals surface area contributed by atoms with E-state index >= 15 is 0 Å². The molecule has 2 heterocycles. The van der Waals surface area contributed by atoms with Crippen LogP contribution in [0.2, 0.25) is 0 Å². The Bertz CT molecular complexity index is 540. The van der Waals surface area contributed by atoms with E-state index in [1.54, 1.807) is 24.3 Å². The molecule has 2 saturated heterocycles. The summed E-state index contributed by atoms with van der Waals surface area (Å²) in [5.41, 5.74) is 1.31. The minimum atomic E-state index is 0.154. The number of likely N-dealkylation sites (tertiary alicyclic amines) is 2. The van der Waals surface area contributed by atoms with Crippen molar-refractivity contribution in [3.63, 3.8) is 0 Å². The summed E-state index contributed by atoms with van der Waals surface area (Å²) in [7, 11) is 0. The van der Waals surface area contributed by atoms with Gasteiger partial charge >= 0.3 is 0 Å². The molecule has 2 aliphatic rings. The van der Waals surface area contributed by atoms with Gasteiger partial charge < -0.3 is 0 Å². The number of carbonyl (C=O) groups is 1. The average molecular weight is 283 g/mol. The molecule has 1 aromatic carbocycles. The molecule has 0 N–H and O–H groups in total. The third-order valence-electron chi connectivity index (χ3n) is 4.61. The summed E-state index contributed by atoms with van der Waals surface area (Å²) in [4.78, 5) is 17.1. The second-order valence-corrected chi connectivity index (χ2v) is 6.03. The predicted octanol–water partition coefficient (Wildman–Crippen LogP) is 1.91. The normalized spacial score (nSPS) is 23.3. The molecule has 0 saturated carbocycles. The molecule has 1 unspecified atom stereocenters. The monoisotopic (exact) mass is 283 g/mol. The zero-order valence-electron chi connectivity index (χ0n) is 12.3. The molecule has 2 fully saturated rings. The van der Waals surface area contributed by atoms with E-state index in [0.29, 0.717) is 23.7 Å². The first-order valence-electron chi connectivity index (χ1n) is 7.76. The van der Waals surface area contributed by atoms with E-state index in [4.69, 9.17) is 5.26 Å². The summed E-state index contributed by atoms with van der Waals surface area (Å²) in [6, 6.07) is 9.66. The van der Waals surface area contributed by atoms with Gasteiger partial charge in [0.15, 0.2) is 5.78 Å². The van der Waals surface area contributed by atoms with Crippen LogP contribution in [0.3, 0.4) is 0 Å². The zero-order valence-corrected chi connectivity index (χ0v) is 12.3. The van der Waals surface area contributed by atoms with Crippen LogP contribution in [0.1, 0.15) is 35.2 Å². The largest absolute Gasteiger partial charge is 0.299 e. The number of hydrogen-bond acceptors (Lipinski definition) is 4. The van der Waals surface area contributed by atoms with Crippen LogP contribution < -0.4 is 0 Å². The first kappa shape index (κ1) is 14.2. The molecule has 0 aliphatic carbocycles. The highest BCUT2D eigenvalue weighted by atomic mass is 16.1. The fourth-order valence-electron chi connectivity index (χ4n) is 3.39. The topological polar surface area (TPSA) is 47.3 Å². The lowest BCUT2D eigenvalue weighted by Crippen LogP contribution is -2.36. The van der Waals surface area contributed by atoms with E-state index in [1.165, 1.54) is 32.4 Å². The standard InChI is InChI=1S/C17H21N3O/c18-11-14-3-5-15(6-4-14)17(21)13-19-10-7-16(12-19)20-8-1-2-9-20/h3-6,16H,1-2,7-10,12-13H2. The van der Waals surface area contributed by atoms with Crippen molar-refractivity contribution >= 4 is 5.78 Å². The number of carbonyl (C=O) groups excluding carboxylic acids is 1. The van der Waals surface area contributed by atoms with Gasteiger partial charge in [-0.3, -0.25) is 14.6 Å². The summed E-state index contributed by atoms with van der Waals surface area (Å²) in [6.07, 6.45) is 3.82. The maximum atomic E-state index is 12.3. The zero-order chi connectivity index (χ0) is 14.7. The van der Waals surface area contributed by atoms with E-state index in [1.807, 2.05) is 0 Å². The molecular formula is C17H21N3O. The Balaban J connectivity index is 1.54. The molecule has 0 spiro atoms. The smallest absolute Gasteiger partial charge is 0.176 e. The summed E-state index contributed by atoms with van der Waals surface area (Å²) >= 11 is 0.